The third kappa shape index (κ3) is 4.88. The summed E-state index contributed by atoms with van der Waals surface area (Å²) >= 11 is 9.30. The molecule has 0 unspecified atom stereocenters. The number of sulfone groups is 1. The summed E-state index contributed by atoms with van der Waals surface area (Å²) in [6, 6.07) is 21.8. The number of hydrogen-bond donors (Lipinski definition) is 0. The van der Waals surface area contributed by atoms with Crippen LogP contribution in [0.5, 0.6) is 0 Å². The van der Waals surface area contributed by atoms with Crippen molar-refractivity contribution in [1.29, 1.82) is 0 Å². The second-order valence-electron chi connectivity index (χ2n) is 7.17. The van der Waals surface area contributed by atoms with Crippen molar-refractivity contribution in [3.05, 3.63) is 99.5 Å². The monoisotopic (exact) mass is 544 g/mol. The molecular weight excluding hydrogens is 528 g/mol. The zero-order valence-corrected chi connectivity index (χ0v) is 20.6. The molecule has 1 heterocycles. The highest BCUT2D eigenvalue weighted by Crippen LogP contribution is 2.32. The number of benzene rings is 3. The summed E-state index contributed by atoms with van der Waals surface area (Å²) in [5.74, 6) is -0.618. The topological polar surface area (TPSA) is 78.3 Å². The summed E-state index contributed by atoms with van der Waals surface area (Å²) < 4.78 is 34.7. The van der Waals surface area contributed by atoms with Crippen LogP contribution in [0.15, 0.2) is 93.3 Å². The van der Waals surface area contributed by atoms with E-state index in [2.05, 4.69) is 21.0 Å². The Morgan fingerprint density at radius 1 is 1.03 bits per heavy atom. The number of hydrogen-bond acceptors (Lipinski definition) is 5. The average Bonchev–Trinajstić information content (AvgIpc) is 3.15. The van der Waals surface area contributed by atoms with Gasteiger partial charge in [0.15, 0.2) is 5.03 Å². The molecule has 0 saturated carbocycles. The van der Waals surface area contributed by atoms with Gasteiger partial charge in [0.2, 0.25) is 9.84 Å². The lowest BCUT2D eigenvalue weighted by Gasteiger charge is -2.10. The highest BCUT2D eigenvalue weighted by molar-refractivity contribution is 9.10. The quantitative estimate of drug-likeness (QED) is 0.291. The van der Waals surface area contributed by atoms with Crippen LogP contribution in [0.2, 0.25) is 5.02 Å². The van der Waals surface area contributed by atoms with Crippen LogP contribution in [0.1, 0.15) is 15.9 Å². The first-order valence-corrected chi connectivity index (χ1v) is 12.5. The standard InChI is InChI=1S/C24H18BrClN2O4S/c1-28-23(33(30,31)20-12-10-18(25)11-13-20)21(22(27-28)16-6-3-2-4-7-16)15-32-24(29)17-8-5-9-19(26)14-17/h2-14H,15H2,1H3. The minimum Gasteiger partial charge on any atom is -0.457 e. The Kier molecular flexibility index (Phi) is 6.69. The summed E-state index contributed by atoms with van der Waals surface area (Å²) in [6.45, 7) is -0.283. The first-order chi connectivity index (χ1) is 15.8. The fourth-order valence-electron chi connectivity index (χ4n) is 3.41. The fourth-order valence-corrected chi connectivity index (χ4v) is 5.45. The predicted octanol–water partition coefficient (Wildman–Crippen LogP) is 5.69. The van der Waals surface area contributed by atoms with Crippen LogP contribution in [-0.2, 0) is 28.2 Å². The van der Waals surface area contributed by atoms with Gasteiger partial charge in [0.1, 0.15) is 12.3 Å². The largest absolute Gasteiger partial charge is 0.457 e. The minimum atomic E-state index is -3.96. The number of carbonyl (C=O) groups excluding carboxylic acids is 1. The van der Waals surface area contributed by atoms with E-state index in [0.29, 0.717) is 21.8 Å². The summed E-state index contributed by atoms with van der Waals surface area (Å²) in [7, 11) is -2.40. The normalized spacial score (nSPS) is 11.4. The molecule has 9 heteroatoms. The van der Waals surface area contributed by atoms with Crippen LogP contribution in [0.4, 0.5) is 0 Å². The average molecular weight is 546 g/mol. The van der Waals surface area contributed by atoms with Gasteiger partial charge in [-0.05, 0) is 42.5 Å². The zero-order chi connectivity index (χ0) is 23.6. The van der Waals surface area contributed by atoms with Gasteiger partial charge < -0.3 is 4.74 Å². The van der Waals surface area contributed by atoms with Crippen molar-refractivity contribution in [2.24, 2.45) is 7.05 Å². The van der Waals surface area contributed by atoms with Crippen LogP contribution in [0.25, 0.3) is 11.3 Å². The summed E-state index contributed by atoms with van der Waals surface area (Å²) in [5.41, 5.74) is 1.69. The van der Waals surface area contributed by atoms with Crippen molar-refractivity contribution < 1.29 is 17.9 Å². The van der Waals surface area contributed by atoms with Crippen molar-refractivity contribution in [2.75, 3.05) is 0 Å². The van der Waals surface area contributed by atoms with E-state index >= 15 is 0 Å². The van der Waals surface area contributed by atoms with Gasteiger partial charge in [-0.3, -0.25) is 4.68 Å². The Hall–Kier alpha value is -2.94. The van der Waals surface area contributed by atoms with Gasteiger partial charge in [-0.15, -0.1) is 0 Å². The molecule has 3 aromatic carbocycles. The number of aryl methyl sites for hydroxylation is 1. The van der Waals surface area contributed by atoms with Crippen LogP contribution in [0, 0.1) is 0 Å². The third-order valence-electron chi connectivity index (χ3n) is 4.92. The number of halogens is 2. The number of esters is 1. The molecule has 0 amide bonds. The van der Waals surface area contributed by atoms with Gasteiger partial charge in [-0.25, -0.2) is 13.2 Å². The molecule has 0 fully saturated rings. The second kappa shape index (κ2) is 9.51. The summed E-state index contributed by atoms with van der Waals surface area (Å²) in [5, 5.41) is 4.83. The number of aromatic nitrogens is 2. The predicted molar refractivity (Wildman–Crippen MR) is 129 cm³/mol. The molecule has 4 rings (SSSR count). The maximum atomic E-state index is 13.6. The molecule has 0 aliphatic carbocycles. The first-order valence-electron chi connectivity index (χ1n) is 9.82. The Labute approximate surface area is 204 Å². The molecule has 0 spiro atoms. The van der Waals surface area contributed by atoms with Gasteiger partial charge in [-0.1, -0.05) is 63.9 Å². The molecule has 0 aliphatic rings. The molecule has 0 N–H and O–H groups in total. The van der Waals surface area contributed by atoms with Crippen molar-refractivity contribution in [2.45, 2.75) is 16.5 Å². The van der Waals surface area contributed by atoms with Gasteiger partial charge in [0.25, 0.3) is 0 Å². The molecule has 4 aromatic rings. The summed E-state index contributed by atoms with van der Waals surface area (Å²) in [4.78, 5) is 12.7. The van der Waals surface area contributed by atoms with Crippen LogP contribution >= 0.6 is 27.5 Å². The van der Waals surface area contributed by atoms with E-state index in [4.69, 9.17) is 16.3 Å². The lowest BCUT2D eigenvalue weighted by atomic mass is 10.1. The van der Waals surface area contributed by atoms with Crippen LogP contribution in [-0.4, -0.2) is 24.2 Å². The maximum Gasteiger partial charge on any atom is 0.338 e. The molecule has 0 saturated heterocycles. The Balaban J connectivity index is 1.79. The zero-order valence-electron chi connectivity index (χ0n) is 17.4. The molecule has 1 aromatic heterocycles. The van der Waals surface area contributed by atoms with E-state index in [0.717, 1.165) is 4.47 Å². The lowest BCUT2D eigenvalue weighted by Crippen LogP contribution is -2.12. The number of ether oxygens (including phenoxy) is 1. The summed E-state index contributed by atoms with van der Waals surface area (Å²) in [6.07, 6.45) is 0. The van der Waals surface area contributed by atoms with E-state index in [1.807, 2.05) is 30.3 Å². The molecule has 0 aliphatic heterocycles. The molecule has 0 radical (unpaired) electrons. The van der Waals surface area contributed by atoms with Gasteiger partial charge in [0.05, 0.1) is 16.0 Å². The third-order valence-corrected chi connectivity index (χ3v) is 7.60. The molecule has 0 atom stereocenters. The van der Waals surface area contributed by atoms with Gasteiger partial charge in [-0.2, -0.15) is 5.10 Å². The van der Waals surface area contributed by atoms with E-state index in [-0.39, 0.29) is 22.1 Å². The van der Waals surface area contributed by atoms with Crippen LogP contribution < -0.4 is 0 Å². The highest BCUT2D eigenvalue weighted by atomic mass is 79.9. The fraction of sp³-hybridized carbons (Fsp3) is 0.0833. The number of rotatable bonds is 6. The number of nitrogens with zero attached hydrogens (tertiary/aromatic N) is 2. The smallest absolute Gasteiger partial charge is 0.338 e. The molecule has 33 heavy (non-hydrogen) atoms. The number of carbonyl (C=O) groups is 1. The Morgan fingerprint density at radius 2 is 1.73 bits per heavy atom. The molecular formula is C24H18BrClN2O4S. The van der Waals surface area contributed by atoms with Crippen molar-refractivity contribution >= 4 is 43.3 Å². The van der Waals surface area contributed by atoms with E-state index in [1.165, 1.54) is 22.9 Å². The van der Waals surface area contributed by atoms with E-state index in [1.54, 1.807) is 37.4 Å². The Bertz CT molecular complexity index is 1420. The van der Waals surface area contributed by atoms with Crippen molar-refractivity contribution in [3.63, 3.8) is 0 Å². The minimum absolute atomic E-state index is 0.0393. The van der Waals surface area contributed by atoms with Crippen molar-refractivity contribution in [3.8, 4) is 11.3 Å². The van der Waals surface area contributed by atoms with Gasteiger partial charge in [0, 0.05) is 22.1 Å². The maximum absolute atomic E-state index is 13.6. The van der Waals surface area contributed by atoms with Crippen LogP contribution in [0.3, 0.4) is 0 Å². The first kappa shape index (κ1) is 23.2. The van der Waals surface area contributed by atoms with Gasteiger partial charge >= 0.3 is 5.97 Å². The highest BCUT2D eigenvalue weighted by Gasteiger charge is 2.30. The van der Waals surface area contributed by atoms with E-state index in [9.17, 15) is 13.2 Å². The van der Waals surface area contributed by atoms with Crippen molar-refractivity contribution in [1.82, 2.24) is 9.78 Å². The Morgan fingerprint density at radius 3 is 2.39 bits per heavy atom. The molecule has 168 valence electrons. The lowest BCUT2D eigenvalue weighted by molar-refractivity contribution is 0.0469. The molecule has 6 nitrogen and oxygen atoms in total. The SMILES string of the molecule is Cn1nc(-c2ccccc2)c(COC(=O)c2cccc(Cl)c2)c1S(=O)(=O)c1ccc(Br)cc1. The second-order valence-corrected chi connectivity index (χ2v) is 10.4. The van der Waals surface area contributed by atoms with E-state index < -0.39 is 15.8 Å². The molecule has 0 bridgehead atoms.